The minimum atomic E-state index is -3.76. The Morgan fingerprint density at radius 1 is 1.06 bits per heavy atom. The number of nitrogens with zero attached hydrogens (tertiary/aromatic N) is 4. The molecule has 2 aromatic carbocycles. The van der Waals surface area contributed by atoms with E-state index in [1.807, 2.05) is 6.92 Å². The van der Waals surface area contributed by atoms with Crippen molar-refractivity contribution in [2.24, 2.45) is 0 Å². The first-order valence-electron chi connectivity index (χ1n) is 11.2. The molecule has 1 unspecified atom stereocenters. The third-order valence-corrected chi connectivity index (χ3v) is 7.24. The number of aromatic nitrogens is 2. The van der Waals surface area contributed by atoms with Crippen LogP contribution in [0, 0.1) is 12.7 Å². The largest absolute Gasteiger partial charge is 0.374 e. The molecule has 1 atom stereocenters. The van der Waals surface area contributed by atoms with Crippen molar-refractivity contribution in [1.29, 1.82) is 0 Å². The number of anilines is 3. The summed E-state index contributed by atoms with van der Waals surface area (Å²) in [6, 6.07) is 12.0. The highest BCUT2D eigenvalue weighted by molar-refractivity contribution is 7.92. The lowest BCUT2D eigenvalue weighted by Crippen LogP contribution is -2.52. The summed E-state index contributed by atoms with van der Waals surface area (Å²) in [5.41, 5.74) is 2.35. The van der Waals surface area contributed by atoms with Crippen LogP contribution in [-0.2, 0) is 14.8 Å². The standard InChI is InChI=1S/C24H27FN6O3S/c1-17-3-4-19(25)15-22(17)28-18(2)24(32)31-13-11-30(12-14-31)20-5-7-21(8-6-20)35(33,34)29-23-9-10-26-16-27-23/h3-10,15-16,18,28H,11-14H2,1-2H3,(H,26,27,29). The van der Waals surface area contributed by atoms with Crippen LogP contribution in [0.2, 0.25) is 0 Å². The lowest BCUT2D eigenvalue weighted by molar-refractivity contribution is -0.131. The van der Waals surface area contributed by atoms with Crippen LogP contribution < -0.4 is 14.9 Å². The Bertz CT molecular complexity index is 1280. The molecular formula is C24H27FN6O3S. The summed E-state index contributed by atoms with van der Waals surface area (Å²) in [5, 5.41) is 3.11. The van der Waals surface area contributed by atoms with E-state index in [4.69, 9.17) is 0 Å². The van der Waals surface area contributed by atoms with E-state index in [1.165, 1.54) is 30.7 Å². The first kappa shape index (κ1) is 24.4. The van der Waals surface area contributed by atoms with E-state index in [2.05, 4.69) is 24.9 Å². The number of amides is 1. The fourth-order valence-corrected chi connectivity index (χ4v) is 4.90. The molecule has 1 aromatic heterocycles. The van der Waals surface area contributed by atoms with Crippen LogP contribution in [0.5, 0.6) is 0 Å². The fraction of sp³-hybridized carbons (Fsp3) is 0.292. The molecule has 0 bridgehead atoms. The highest BCUT2D eigenvalue weighted by atomic mass is 32.2. The third kappa shape index (κ3) is 5.86. The topological polar surface area (TPSA) is 108 Å². The lowest BCUT2D eigenvalue weighted by Gasteiger charge is -2.37. The number of carbonyl (C=O) groups excluding carboxylic acids is 1. The van der Waals surface area contributed by atoms with E-state index in [9.17, 15) is 17.6 Å². The molecule has 1 fully saturated rings. The second kappa shape index (κ2) is 10.3. The number of piperazine rings is 1. The quantitative estimate of drug-likeness (QED) is 0.516. The molecule has 0 radical (unpaired) electrons. The molecule has 35 heavy (non-hydrogen) atoms. The predicted octanol–water partition coefficient (Wildman–Crippen LogP) is 2.87. The zero-order valence-electron chi connectivity index (χ0n) is 19.5. The monoisotopic (exact) mass is 498 g/mol. The van der Waals surface area contributed by atoms with Gasteiger partial charge in [0.15, 0.2) is 0 Å². The van der Waals surface area contributed by atoms with Gasteiger partial charge in [-0.15, -0.1) is 0 Å². The van der Waals surface area contributed by atoms with Gasteiger partial charge in [-0.05, 0) is 61.9 Å². The van der Waals surface area contributed by atoms with Gasteiger partial charge in [-0.1, -0.05) is 6.07 Å². The summed E-state index contributed by atoms with van der Waals surface area (Å²) in [7, 11) is -3.76. The molecule has 1 aliphatic heterocycles. The molecule has 4 rings (SSSR count). The van der Waals surface area contributed by atoms with Crippen molar-refractivity contribution in [2.45, 2.75) is 24.8 Å². The van der Waals surface area contributed by atoms with E-state index in [0.29, 0.717) is 31.9 Å². The van der Waals surface area contributed by atoms with Gasteiger partial charge >= 0.3 is 0 Å². The van der Waals surface area contributed by atoms with Crippen molar-refractivity contribution in [2.75, 3.05) is 41.1 Å². The SMILES string of the molecule is Cc1ccc(F)cc1NC(C)C(=O)N1CCN(c2ccc(S(=O)(=O)Nc3ccncn3)cc2)CC1. The average Bonchev–Trinajstić information content (AvgIpc) is 2.86. The van der Waals surface area contributed by atoms with Gasteiger partial charge in [0.05, 0.1) is 4.90 Å². The zero-order valence-corrected chi connectivity index (χ0v) is 20.3. The summed E-state index contributed by atoms with van der Waals surface area (Å²) < 4.78 is 41.2. The van der Waals surface area contributed by atoms with E-state index >= 15 is 0 Å². The minimum Gasteiger partial charge on any atom is -0.374 e. The Kier molecular flexibility index (Phi) is 7.15. The summed E-state index contributed by atoms with van der Waals surface area (Å²) in [5.74, 6) is -0.207. The highest BCUT2D eigenvalue weighted by Crippen LogP contribution is 2.22. The second-order valence-corrected chi connectivity index (χ2v) is 10.0. The van der Waals surface area contributed by atoms with E-state index < -0.39 is 16.1 Å². The Hall–Kier alpha value is -3.73. The summed E-state index contributed by atoms with van der Waals surface area (Å²) >= 11 is 0. The van der Waals surface area contributed by atoms with Gasteiger partial charge < -0.3 is 15.1 Å². The molecular weight excluding hydrogens is 471 g/mol. The van der Waals surface area contributed by atoms with E-state index in [0.717, 1.165) is 11.3 Å². The average molecular weight is 499 g/mol. The first-order valence-corrected chi connectivity index (χ1v) is 12.7. The van der Waals surface area contributed by atoms with Gasteiger partial charge in [-0.3, -0.25) is 9.52 Å². The van der Waals surface area contributed by atoms with Crippen LogP contribution in [0.4, 0.5) is 21.6 Å². The molecule has 2 heterocycles. The fourth-order valence-electron chi connectivity index (χ4n) is 3.89. The van der Waals surface area contributed by atoms with Gasteiger partial charge in [0.1, 0.15) is 24.0 Å². The number of rotatable bonds is 7. The summed E-state index contributed by atoms with van der Waals surface area (Å²) in [6.07, 6.45) is 2.72. The van der Waals surface area contributed by atoms with Gasteiger partial charge in [0.2, 0.25) is 5.91 Å². The highest BCUT2D eigenvalue weighted by Gasteiger charge is 2.26. The molecule has 1 saturated heterocycles. The van der Waals surface area contributed by atoms with Crippen molar-refractivity contribution in [1.82, 2.24) is 14.9 Å². The van der Waals surface area contributed by atoms with Gasteiger partial charge in [-0.2, -0.15) is 0 Å². The van der Waals surface area contributed by atoms with E-state index in [1.54, 1.807) is 42.2 Å². The normalized spacial score (nSPS) is 14.9. The smallest absolute Gasteiger partial charge is 0.263 e. The molecule has 1 aliphatic rings. The number of benzene rings is 2. The predicted molar refractivity (Wildman–Crippen MR) is 132 cm³/mol. The number of sulfonamides is 1. The number of aryl methyl sites for hydroxylation is 1. The maximum Gasteiger partial charge on any atom is 0.263 e. The molecule has 3 aromatic rings. The van der Waals surface area contributed by atoms with Crippen LogP contribution in [0.1, 0.15) is 12.5 Å². The van der Waals surface area contributed by atoms with Crippen LogP contribution in [0.25, 0.3) is 0 Å². The van der Waals surface area contributed by atoms with E-state index in [-0.39, 0.29) is 22.4 Å². The van der Waals surface area contributed by atoms with Crippen LogP contribution in [0.3, 0.4) is 0 Å². The third-order valence-electron chi connectivity index (χ3n) is 5.87. The van der Waals surface area contributed by atoms with Crippen LogP contribution >= 0.6 is 0 Å². The van der Waals surface area contributed by atoms with Crippen molar-refractivity contribution in [3.8, 4) is 0 Å². The van der Waals surface area contributed by atoms with Crippen LogP contribution in [0.15, 0.2) is 66.0 Å². The van der Waals surface area contributed by atoms with Gasteiger partial charge in [0.25, 0.3) is 10.0 Å². The molecule has 11 heteroatoms. The van der Waals surface area contributed by atoms with Crippen LogP contribution in [-0.4, -0.2) is 61.4 Å². The molecule has 0 aliphatic carbocycles. The number of hydrogen-bond acceptors (Lipinski definition) is 7. The molecule has 184 valence electrons. The van der Waals surface area contributed by atoms with Gasteiger partial charge in [0, 0.05) is 43.8 Å². The Balaban J connectivity index is 1.33. The zero-order chi connectivity index (χ0) is 25.0. The number of carbonyl (C=O) groups is 1. The molecule has 0 saturated carbocycles. The van der Waals surface area contributed by atoms with Gasteiger partial charge in [-0.25, -0.2) is 22.8 Å². The van der Waals surface area contributed by atoms with Crippen molar-refractivity contribution < 1.29 is 17.6 Å². The minimum absolute atomic E-state index is 0.0504. The van der Waals surface area contributed by atoms with Crippen molar-refractivity contribution in [3.63, 3.8) is 0 Å². The maximum atomic E-state index is 13.6. The Morgan fingerprint density at radius 2 is 1.77 bits per heavy atom. The molecule has 0 spiro atoms. The number of halogens is 1. The van der Waals surface area contributed by atoms with Crippen molar-refractivity contribution in [3.05, 3.63) is 72.4 Å². The summed E-state index contributed by atoms with van der Waals surface area (Å²) in [6.45, 7) is 5.92. The lowest BCUT2D eigenvalue weighted by atomic mass is 10.1. The second-order valence-electron chi connectivity index (χ2n) is 8.33. The Labute approximate surface area is 204 Å². The molecule has 2 N–H and O–H groups in total. The van der Waals surface area contributed by atoms with Crippen molar-refractivity contribution >= 4 is 33.1 Å². The number of nitrogens with one attached hydrogen (secondary N) is 2. The Morgan fingerprint density at radius 3 is 2.43 bits per heavy atom. The molecule has 9 nitrogen and oxygen atoms in total. The first-order chi connectivity index (χ1) is 16.7. The summed E-state index contributed by atoms with van der Waals surface area (Å²) in [4.78, 5) is 24.6. The maximum absolute atomic E-state index is 13.6. The number of hydrogen-bond donors (Lipinski definition) is 2. The molecule has 1 amide bonds.